The molecule has 11 heteroatoms. The highest BCUT2D eigenvalue weighted by Gasteiger charge is 2.49. The molecule has 1 heterocycles. The summed E-state index contributed by atoms with van der Waals surface area (Å²) in [6.07, 6.45) is -2.84. The van der Waals surface area contributed by atoms with Crippen molar-refractivity contribution in [2.75, 3.05) is 6.54 Å². The van der Waals surface area contributed by atoms with Crippen molar-refractivity contribution in [3.8, 4) is 0 Å². The molecule has 1 saturated heterocycles. The van der Waals surface area contributed by atoms with Crippen LogP contribution in [0.2, 0.25) is 0 Å². The first-order valence-electron chi connectivity index (χ1n) is 8.35. The Balaban J connectivity index is 2.81. The number of carboxylic acid groups (broad SMARTS) is 1. The van der Waals surface area contributed by atoms with E-state index in [4.69, 9.17) is 5.11 Å². The fraction of sp³-hybridized carbons (Fsp3) is 0.800. The van der Waals surface area contributed by atoms with E-state index in [1.54, 1.807) is 0 Å². The first-order chi connectivity index (χ1) is 11.9. The molecule has 0 aromatic carbocycles. The summed E-state index contributed by atoms with van der Waals surface area (Å²) in [6.45, 7) is 8.13. The highest BCUT2D eigenvalue weighted by atomic mass is 32.3. The van der Waals surface area contributed by atoms with Crippen molar-refractivity contribution in [1.29, 1.82) is 0 Å². The second kappa shape index (κ2) is 9.28. The summed E-state index contributed by atoms with van der Waals surface area (Å²) in [7, 11) is -4.58. The molecule has 0 aliphatic carbocycles. The van der Waals surface area contributed by atoms with Gasteiger partial charge in [-0.2, -0.15) is 8.42 Å². The average molecular weight is 394 g/mol. The number of nitrogens with one attached hydrogen (secondary N) is 2. The minimum Gasteiger partial charge on any atom is -0.479 e. The number of carbonyl (C=O) groups excluding carboxylic acids is 2. The van der Waals surface area contributed by atoms with Gasteiger partial charge in [-0.25, -0.2) is 13.2 Å². The van der Waals surface area contributed by atoms with Crippen LogP contribution in [0.1, 0.15) is 40.5 Å². The van der Waals surface area contributed by atoms with Crippen molar-refractivity contribution < 1.29 is 36.3 Å². The van der Waals surface area contributed by atoms with Crippen LogP contribution in [0, 0.1) is 11.8 Å². The highest BCUT2D eigenvalue weighted by Crippen LogP contribution is 2.21. The predicted octanol–water partition coefficient (Wildman–Crippen LogP) is -0.207. The molecule has 0 radical (unpaired) electrons. The van der Waals surface area contributed by atoms with Crippen LogP contribution in [0.4, 0.5) is 0 Å². The third-order valence-corrected chi connectivity index (χ3v) is 4.47. The maximum Gasteiger partial charge on any atom is 0.401 e. The minimum atomic E-state index is -4.58. The van der Waals surface area contributed by atoms with Gasteiger partial charge in [-0.1, -0.05) is 27.7 Å². The van der Waals surface area contributed by atoms with Crippen molar-refractivity contribution in [1.82, 2.24) is 10.6 Å². The Labute approximate surface area is 152 Å². The van der Waals surface area contributed by atoms with Crippen LogP contribution in [0.5, 0.6) is 0 Å². The van der Waals surface area contributed by atoms with E-state index in [2.05, 4.69) is 19.0 Å². The summed E-state index contributed by atoms with van der Waals surface area (Å²) >= 11 is 0. The monoisotopic (exact) mass is 394 g/mol. The van der Waals surface area contributed by atoms with Crippen LogP contribution < -0.4 is 10.6 Å². The van der Waals surface area contributed by atoms with Crippen molar-refractivity contribution in [2.45, 2.75) is 58.8 Å². The summed E-state index contributed by atoms with van der Waals surface area (Å²) in [4.78, 5) is 35.7. The van der Waals surface area contributed by atoms with Crippen molar-refractivity contribution in [3.63, 3.8) is 0 Å². The Morgan fingerprint density at radius 1 is 1.04 bits per heavy atom. The molecule has 1 rings (SSSR count). The molecule has 0 aromatic heterocycles. The second-order valence-electron chi connectivity index (χ2n) is 6.94. The Kier molecular flexibility index (Phi) is 7.97. The van der Waals surface area contributed by atoms with Gasteiger partial charge < -0.3 is 15.7 Å². The van der Waals surface area contributed by atoms with Gasteiger partial charge in [0.1, 0.15) is 6.04 Å². The van der Waals surface area contributed by atoms with E-state index in [0.29, 0.717) is 12.5 Å². The smallest absolute Gasteiger partial charge is 0.401 e. The number of carbonyl (C=O) groups is 3. The number of hydrogen-bond donors (Lipinski definition) is 3. The zero-order valence-corrected chi connectivity index (χ0v) is 16.0. The Bertz CT molecular complexity index is 632. The van der Waals surface area contributed by atoms with Gasteiger partial charge in [0, 0.05) is 6.54 Å². The molecule has 3 N–H and O–H groups in total. The molecule has 1 aliphatic heterocycles. The maximum atomic E-state index is 12.3. The lowest BCUT2D eigenvalue weighted by atomic mass is 10.0. The molecule has 0 aromatic rings. The van der Waals surface area contributed by atoms with E-state index < -0.39 is 46.4 Å². The number of rotatable bonds is 9. The number of hydrogen-bond acceptors (Lipinski definition) is 7. The van der Waals surface area contributed by atoms with Crippen LogP contribution in [-0.4, -0.2) is 56.1 Å². The molecular weight excluding hydrogens is 368 g/mol. The Morgan fingerprint density at radius 2 is 1.62 bits per heavy atom. The highest BCUT2D eigenvalue weighted by molar-refractivity contribution is 7.82. The Hall–Kier alpha value is -1.72. The predicted molar refractivity (Wildman–Crippen MR) is 90.2 cm³/mol. The Morgan fingerprint density at radius 3 is 2.12 bits per heavy atom. The van der Waals surface area contributed by atoms with Crippen molar-refractivity contribution in [2.24, 2.45) is 11.8 Å². The molecule has 2 amide bonds. The van der Waals surface area contributed by atoms with Gasteiger partial charge in [-0.05, 0) is 24.7 Å². The zero-order valence-electron chi connectivity index (χ0n) is 15.2. The zero-order chi connectivity index (χ0) is 20.1. The standard InChI is InChI=1S/C15H26N2O8S/c1-8(2)5-6-16-13(18)10(7-9(3)4)17-14(19)11-12(15(20)21)25-26(22,23)24-11/h8-12H,5-7H2,1-4H3,(H,16,18)(H,17,19)(H,20,21)/t10-,11+,12+/m0/s1. The molecule has 0 spiro atoms. The van der Waals surface area contributed by atoms with E-state index in [0.717, 1.165) is 6.42 Å². The summed E-state index contributed by atoms with van der Waals surface area (Å²) < 4.78 is 31.2. The van der Waals surface area contributed by atoms with Crippen LogP contribution in [0.3, 0.4) is 0 Å². The molecule has 0 bridgehead atoms. The first kappa shape index (κ1) is 22.3. The average Bonchev–Trinajstić information content (AvgIpc) is 2.81. The van der Waals surface area contributed by atoms with Crippen molar-refractivity contribution in [3.05, 3.63) is 0 Å². The van der Waals surface area contributed by atoms with E-state index in [-0.39, 0.29) is 12.3 Å². The van der Waals surface area contributed by atoms with Crippen LogP contribution >= 0.6 is 0 Å². The number of carboxylic acids is 1. The SMILES string of the molecule is CC(C)CCNC(=O)[C@H](CC(C)C)NC(=O)[C@@H]1OS(=O)(=O)O[C@H]1C(=O)O. The minimum absolute atomic E-state index is 0.0518. The van der Waals surface area contributed by atoms with Crippen LogP contribution in [0.25, 0.3) is 0 Å². The summed E-state index contributed by atoms with van der Waals surface area (Å²) in [5.74, 6) is -2.69. The normalized spacial score (nSPS) is 23.0. The van der Waals surface area contributed by atoms with Gasteiger partial charge in [0.25, 0.3) is 5.91 Å². The quantitative estimate of drug-likeness (QED) is 0.487. The fourth-order valence-corrected chi connectivity index (χ4v) is 3.22. The lowest BCUT2D eigenvalue weighted by Crippen LogP contribution is -2.53. The van der Waals surface area contributed by atoms with E-state index in [9.17, 15) is 22.8 Å². The molecule has 3 atom stereocenters. The van der Waals surface area contributed by atoms with Gasteiger partial charge in [0.05, 0.1) is 0 Å². The van der Waals surface area contributed by atoms with Crippen LogP contribution in [-0.2, 0) is 33.1 Å². The van der Waals surface area contributed by atoms with Gasteiger partial charge in [-0.15, -0.1) is 0 Å². The van der Waals surface area contributed by atoms with Crippen molar-refractivity contribution >= 4 is 28.2 Å². The molecule has 10 nitrogen and oxygen atoms in total. The molecule has 1 aliphatic rings. The van der Waals surface area contributed by atoms with Gasteiger partial charge in [-0.3, -0.25) is 9.59 Å². The number of aliphatic carboxylic acids is 1. The largest absolute Gasteiger partial charge is 0.479 e. The summed E-state index contributed by atoms with van der Waals surface area (Å²) in [5.41, 5.74) is 0. The first-order valence-corrected chi connectivity index (χ1v) is 9.68. The van der Waals surface area contributed by atoms with Gasteiger partial charge in [0.15, 0.2) is 6.10 Å². The molecule has 0 saturated carbocycles. The third-order valence-electron chi connectivity index (χ3n) is 3.58. The van der Waals surface area contributed by atoms with Crippen LogP contribution in [0.15, 0.2) is 0 Å². The molecule has 1 fully saturated rings. The summed E-state index contributed by atoms with van der Waals surface area (Å²) in [5, 5.41) is 14.1. The lowest BCUT2D eigenvalue weighted by molar-refractivity contribution is -0.150. The second-order valence-corrected chi connectivity index (χ2v) is 8.15. The topological polar surface area (TPSA) is 148 Å². The van der Waals surface area contributed by atoms with E-state index >= 15 is 0 Å². The molecule has 0 unspecified atom stereocenters. The van der Waals surface area contributed by atoms with Gasteiger partial charge in [0.2, 0.25) is 12.0 Å². The number of amides is 2. The lowest BCUT2D eigenvalue weighted by Gasteiger charge is -2.22. The maximum absolute atomic E-state index is 12.3. The third kappa shape index (κ3) is 6.89. The molecule has 150 valence electrons. The van der Waals surface area contributed by atoms with E-state index in [1.807, 2.05) is 27.7 Å². The van der Waals surface area contributed by atoms with E-state index in [1.165, 1.54) is 0 Å². The molecular formula is C15H26N2O8S. The van der Waals surface area contributed by atoms with Gasteiger partial charge >= 0.3 is 16.4 Å². The molecule has 26 heavy (non-hydrogen) atoms. The summed E-state index contributed by atoms with van der Waals surface area (Å²) in [6, 6.07) is -0.948. The fourth-order valence-electron chi connectivity index (χ4n) is 2.29.